The lowest BCUT2D eigenvalue weighted by Crippen LogP contribution is -2.42. The lowest BCUT2D eigenvalue weighted by atomic mass is 9.91. The third kappa shape index (κ3) is 11.3. The van der Waals surface area contributed by atoms with Crippen molar-refractivity contribution in [2.45, 2.75) is 36.7 Å². The standard InChI is InChI=1S/C40H38F6N2O12S2/c41-39(42,43)61(51,52)47-33(49)23-59-37-29-9-3-11-31(37)21-27-7-2-8-28-22-32-12-4-10-30(38(32)60-24-34(50)48-62(53,54)40(44,45)46)20-26-6-1-5-25(19-29)35(26)57-17-15-55-13-14-56-16-18-58-36(27)28/h1-12H,13-24H2,(H,47,49)(H,48,50). The van der Waals surface area contributed by atoms with E-state index >= 15 is 0 Å². The summed E-state index contributed by atoms with van der Waals surface area (Å²) < 4.78 is 163. The number of hydrogen-bond acceptors (Lipinski definition) is 12. The number of hydrogen-bond donors (Lipinski definition) is 2. The molecule has 10 bridgehead atoms. The molecular formula is C40H38F6N2O12S2. The van der Waals surface area contributed by atoms with Gasteiger partial charge in [0.2, 0.25) is 0 Å². The predicted octanol–water partition coefficient (Wildman–Crippen LogP) is 4.86. The maximum atomic E-state index is 13.1. The minimum Gasteiger partial charge on any atom is -0.491 e. The Morgan fingerprint density at radius 2 is 0.758 bits per heavy atom. The van der Waals surface area contributed by atoms with Gasteiger partial charge in [0.05, 0.1) is 26.4 Å². The molecule has 1 aliphatic carbocycles. The Morgan fingerprint density at radius 3 is 1.05 bits per heavy atom. The van der Waals surface area contributed by atoms with Crippen LogP contribution in [0.5, 0.6) is 23.0 Å². The molecule has 0 atom stereocenters. The van der Waals surface area contributed by atoms with E-state index in [-0.39, 0.29) is 76.8 Å². The molecule has 334 valence electrons. The number of carbonyl (C=O) groups is 2. The summed E-state index contributed by atoms with van der Waals surface area (Å²) in [6.07, 6.45) is 0.128. The van der Waals surface area contributed by atoms with Crippen LogP contribution in [0.3, 0.4) is 0 Å². The zero-order chi connectivity index (χ0) is 44.7. The van der Waals surface area contributed by atoms with E-state index in [0.717, 1.165) is 9.44 Å². The SMILES string of the molecule is O=C(COc1c2cccc1Cc1cccc3c1OCCOCCOCCOc1c(cccc1Cc1cccc(c1OCC(=O)NS(=O)(=O)C(F)(F)F)C3)C2)NS(=O)(=O)C(F)(F)F. The number of para-hydroxylation sites is 4. The number of nitrogens with one attached hydrogen (secondary N) is 2. The molecule has 62 heavy (non-hydrogen) atoms. The third-order valence-corrected chi connectivity index (χ3v) is 11.6. The first-order valence-corrected chi connectivity index (χ1v) is 21.6. The zero-order valence-electron chi connectivity index (χ0n) is 32.4. The summed E-state index contributed by atoms with van der Waals surface area (Å²) >= 11 is 0. The Kier molecular flexibility index (Phi) is 14.2. The van der Waals surface area contributed by atoms with Crippen molar-refractivity contribution in [3.8, 4) is 23.0 Å². The van der Waals surface area contributed by atoms with Gasteiger partial charge in [0, 0.05) is 25.7 Å². The molecule has 0 spiro atoms. The van der Waals surface area contributed by atoms with E-state index in [1.807, 2.05) is 0 Å². The number of benzene rings is 4. The molecule has 2 amide bonds. The highest BCUT2D eigenvalue weighted by Crippen LogP contribution is 2.39. The van der Waals surface area contributed by atoms with Gasteiger partial charge in [0.15, 0.2) is 13.2 Å². The topological polar surface area (TPSA) is 182 Å². The molecule has 1 aliphatic heterocycles. The highest BCUT2D eigenvalue weighted by Gasteiger charge is 2.48. The van der Waals surface area contributed by atoms with Gasteiger partial charge in [0.1, 0.15) is 36.2 Å². The quantitative estimate of drug-likeness (QED) is 0.202. The van der Waals surface area contributed by atoms with Crippen LogP contribution in [0.2, 0.25) is 0 Å². The molecule has 0 saturated carbocycles. The molecule has 0 unspecified atom stereocenters. The molecular weight excluding hydrogens is 879 g/mol. The largest absolute Gasteiger partial charge is 0.516 e. The van der Waals surface area contributed by atoms with Gasteiger partial charge in [0.25, 0.3) is 11.8 Å². The lowest BCUT2D eigenvalue weighted by Gasteiger charge is -2.22. The summed E-state index contributed by atoms with van der Waals surface area (Å²) in [5.41, 5.74) is -7.63. The Balaban J connectivity index is 1.50. The first-order chi connectivity index (χ1) is 29.3. The van der Waals surface area contributed by atoms with Gasteiger partial charge >= 0.3 is 31.1 Å². The second-order valence-electron chi connectivity index (χ2n) is 13.8. The van der Waals surface area contributed by atoms with Crippen LogP contribution in [0.4, 0.5) is 26.3 Å². The molecule has 0 radical (unpaired) electrons. The van der Waals surface area contributed by atoms with Crippen molar-refractivity contribution >= 4 is 31.9 Å². The average Bonchev–Trinajstić information content (AvgIpc) is 3.18. The zero-order valence-corrected chi connectivity index (χ0v) is 34.0. The fourth-order valence-electron chi connectivity index (χ4n) is 6.71. The molecule has 4 aromatic rings. The van der Waals surface area contributed by atoms with Gasteiger partial charge in [-0.2, -0.15) is 43.2 Å². The first kappa shape index (κ1) is 45.9. The Labute approximate surface area is 351 Å². The van der Waals surface area contributed by atoms with Crippen LogP contribution in [-0.2, 0) is 64.8 Å². The van der Waals surface area contributed by atoms with E-state index < -0.39 is 56.1 Å². The maximum Gasteiger partial charge on any atom is 0.516 e. The number of rotatable bonds is 8. The minimum atomic E-state index is -6.03. The smallest absolute Gasteiger partial charge is 0.491 e. The van der Waals surface area contributed by atoms with Crippen LogP contribution in [0.25, 0.3) is 0 Å². The normalized spacial score (nSPS) is 15.3. The molecule has 0 fully saturated rings. The summed E-state index contributed by atoms with van der Waals surface area (Å²) in [5, 5.41) is 0. The molecule has 14 nitrogen and oxygen atoms in total. The fourth-order valence-corrected chi connectivity index (χ4v) is 7.65. The van der Waals surface area contributed by atoms with E-state index in [0.29, 0.717) is 56.0 Å². The van der Waals surface area contributed by atoms with Crippen molar-refractivity contribution in [3.05, 3.63) is 117 Å². The molecule has 1 heterocycles. The van der Waals surface area contributed by atoms with Gasteiger partial charge in [-0.3, -0.25) is 9.59 Å². The van der Waals surface area contributed by atoms with E-state index in [2.05, 4.69) is 0 Å². The number of carbonyl (C=O) groups excluding carboxylic acids is 2. The van der Waals surface area contributed by atoms with Crippen molar-refractivity contribution in [1.82, 2.24) is 9.44 Å². The molecule has 4 aromatic carbocycles. The van der Waals surface area contributed by atoms with Crippen LogP contribution in [0.1, 0.15) is 44.5 Å². The number of alkyl halides is 6. The predicted molar refractivity (Wildman–Crippen MR) is 207 cm³/mol. The first-order valence-electron chi connectivity index (χ1n) is 18.7. The minimum absolute atomic E-state index is 0.0265. The van der Waals surface area contributed by atoms with E-state index in [4.69, 9.17) is 28.4 Å². The summed E-state index contributed by atoms with van der Waals surface area (Å²) in [6.45, 7) is -1.48. The van der Waals surface area contributed by atoms with Gasteiger partial charge in [-0.15, -0.1) is 0 Å². The van der Waals surface area contributed by atoms with Gasteiger partial charge in [-0.05, 0) is 44.5 Å². The van der Waals surface area contributed by atoms with Gasteiger partial charge in [-0.1, -0.05) is 72.8 Å². The number of fused-ring (bicyclic) bond motifs is 2. The molecule has 0 aromatic heterocycles. The van der Waals surface area contributed by atoms with Crippen molar-refractivity contribution in [1.29, 1.82) is 0 Å². The van der Waals surface area contributed by atoms with E-state index in [1.54, 1.807) is 72.8 Å². The fraction of sp³-hybridized carbons (Fsp3) is 0.350. The summed E-state index contributed by atoms with van der Waals surface area (Å²) in [6, 6.07) is 20.3. The Bertz CT molecular complexity index is 2260. The molecule has 22 heteroatoms. The number of sulfonamides is 2. The monoisotopic (exact) mass is 916 g/mol. The van der Waals surface area contributed by atoms with Crippen molar-refractivity contribution < 1.29 is 81.2 Å². The number of ether oxygens (including phenoxy) is 6. The molecule has 6 rings (SSSR count). The average molecular weight is 917 g/mol. The molecule has 2 N–H and O–H groups in total. The van der Waals surface area contributed by atoms with Crippen molar-refractivity contribution in [2.24, 2.45) is 0 Å². The highest BCUT2D eigenvalue weighted by atomic mass is 32.2. The van der Waals surface area contributed by atoms with Crippen molar-refractivity contribution in [3.63, 3.8) is 0 Å². The lowest BCUT2D eigenvalue weighted by molar-refractivity contribution is -0.122. The van der Waals surface area contributed by atoms with Gasteiger partial charge in [-0.25, -0.2) is 9.44 Å². The van der Waals surface area contributed by atoms with Crippen LogP contribution in [-0.4, -0.2) is 92.5 Å². The maximum absolute atomic E-state index is 13.1. The summed E-state index contributed by atoms with van der Waals surface area (Å²) in [5.74, 6) is -2.33. The summed E-state index contributed by atoms with van der Waals surface area (Å²) in [4.78, 5) is 25.3. The third-order valence-electron chi connectivity index (χ3n) is 9.36. The second-order valence-corrected chi connectivity index (χ2v) is 17.1. The molecule has 0 saturated heterocycles. The van der Waals surface area contributed by atoms with Crippen LogP contribution in [0.15, 0.2) is 72.8 Å². The van der Waals surface area contributed by atoms with Gasteiger partial charge < -0.3 is 28.4 Å². The second kappa shape index (κ2) is 19.2. The van der Waals surface area contributed by atoms with Crippen LogP contribution < -0.4 is 28.4 Å². The highest BCUT2D eigenvalue weighted by molar-refractivity contribution is 7.91. The number of amides is 2. The van der Waals surface area contributed by atoms with Crippen LogP contribution in [0, 0.1) is 0 Å². The Hall–Kier alpha value is -5.58. The van der Waals surface area contributed by atoms with Crippen LogP contribution >= 0.6 is 0 Å². The Morgan fingerprint density at radius 1 is 0.484 bits per heavy atom. The summed E-state index contributed by atoms with van der Waals surface area (Å²) in [7, 11) is -12.1. The molecule has 2 aliphatic rings. The van der Waals surface area contributed by atoms with E-state index in [9.17, 15) is 52.8 Å². The van der Waals surface area contributed by atoms with E-state index in [1.165, 1.54) is 0 Å². The van der Waals surface area contributed by atoms with Crippen molar-refractivity contribution in [2.75, 3.05) is 52.9 Å². The number of halogens is 6.